The van der Waals surface area contributed by atoms with Gasteiger partial charge in [-0.3, -0.25) is 10.1 Å². The molecule has 0 aliphatic heterocycles. The molecule has 0 amide bonds. The Morgan fingerprint density at radius 1 is 0.849 bits per heavy atom. The predicted molar refractivity (Wildman–Crippen MR) is 170 cm³/mol. The van der Waals surface area contributed by atoms with Gasteiger partial charge in [0.2, 0.25) is 5.88 Å². The number of pyridine rings is 1. The van der Waals surface area contributed by atoms with Gasteiger partial charge in [0, 0.05) is 24.4 Å². The molecule has 4 aromatic rings. The normalized spacial score (nSPS) is 11.6. The number of carbonyl (C=O) groups is 3. The first-order valence-electron chi connectivity index (χ1n) is 14.6. The quantitative estimate of drug-likeness (QED) is 0.0630. The summed E-state index contributed by atoms with van der Waals surface area (Å²) >= 11 is 5.81. The summed E-state index contributed by atoms with van der Waals surface area (Å²) in [6.07, 6.45) is -9.38. The molecule has 1 atom stereocenters. The van der Waals surface area contributed by atoms with Crippen molar-refractivity contribution < 1.29 is 74.4 Å². The van der Waals surface area contributed by atoms with Crippen LogP contribution in [-0.4, -0.2) is 52.2 Å². The summed E-state index contributed by atoms with van der Waals surface area (Å²) in [5.74, 6) is -2.80. The Kier molecular flexibility index (Phi) is 13.9. The van der Waals surface area contributed by atoms with E-state index < -0.39 is 70.3 Å². The summed E-state index contributed by atoms with van der Waals surface area (Å²) in [4.78, 5) is 48.0. The Balaban J connectivity index is 0.000000295. The molecule has 0 bridgehead atoms. The summed E-state index contributed by atoms with van der Waals surface area (Å²) in [6.45, 7) is 2.21. The third-order valence-corrected chi connectivity index (χ3v) is 6.56. The number of nitrogens with zero attached hydrogens (tertiary/aromatic N) is 2. The van der Waals surface area contributed by atoms with Crippen molar-refractivity contribution in [1.29, 1.82) is 0 Å². The van der Waals surface area contributed by atoms with Gasteiger partial charge in [0.05, 0.1) is 27.7 Å². The highest BCUT2D eigenvalue weighted by Gasteiger charge is 2.32. The van der Waals surface area contributed by atoms with Gasteiger partial charge >= 0.3 is 30.3 Å². The molecular weight excluding hydrogens is 750 g/mol. The average Bonchev–Trinajstić information content (AvgIpc) is 3.08. The van der Waals surface area contributed by atoms with Gasteiger partial charge in [0.15, 0.2) is 12.7 Å². The molecule has 1 aromatic heterocycles. The smallest absolute Gasteiger partial charge is 0.417 e. The van der Waals surface area contributed by atoms with Crippen LogP contribution in [0.25, 0.3) is 0 Å². The van der Waals surface area contributed by atoms with Gasteiger partial charge in [-0.05, 0) is 68.4 Å². The molecule has 282 valence electrons. The number of carboxylic acid groups (broad SMARTS) is 1. The van der Waals surface area contributed by atoms with Gasteiger partial charge in [-0.2, -0.15) is 26.3 Å². The lowest BCUT2D eigenvalue weighted by Crippen LogP contribution is -2.22. The standard InChI is InChI=1S/C18H13ClF3NO7.C15H12F3NO4/c1-2-28-16(24)9-29-17(25)12-8-11(4-5-14(12)23(26)27)30-15-6-3-10(7-13(15)19)18(20,21)22;1-9(14(20)21)22-11-3-5-12(6-4-11)23-13-7-2-10(8-19-13)15(16,17)18/h3-8H,2,9H2,1H3;2-9H,1H3,(H,20,21). The van der Waals surface area contributed by atoms with Crippen LogP contribution < -0.4 is 14.2 Å². The van der Waals surface area contributed by atoms with Gasteiger partial charge < -0.3 is 28.8 Å². The average molecular weight is 775 g/mol. The van der Waals surface area contributed by atoms with Gasteiger partial charge in [0.25, 0.3) is 5.69 Å². The van der Waals surface area contributed by atoms with Crippen molar-refractivity contribution in [2.45, 2.75) is 32.3 Å². The molecule has 20 heteroatoms. The molecule has 1 heterocycles. The van der Waals surface area contributed by atoms with E-state index in [0.29, 0.717) is 23.8 Å². The van der Waals surface area contributed by atoms with Crippen LogP contribution >= 0.6 is 11.6 Å². The van der Waals surface area contributed by atoms with Crippen LogP contribution in [0.4, 0.5) is 32.0 Å². The van der Waals surface area contributed by atoms with Crippen molar-refractivity contribution in [3.05, 3.63) is 111 Å². The fraction of sp³-hybridized carbons (Fsp3) is 0.212. The molecule has 1 N–H and O–H groups in total. The molecular formula is C33H25ClF6N2O11. The molecule has 3 aromatic carbocycles. The lowest BCUT2D eigenvalue weighted by atomic mass is 10.1. The van der Waals surface area contributed by atoms with E-state index in [4.69, 9.17) is 35.7 Å². The zero-order valence-electron chi connectivity index (χ0n) is 27.1. The second kappa shape index (κ2) is 17.9. The van der Waals surface area contributed by atoms with E-state index in [2.05, 4.69) is 9.72 Å². The van der Waals surface area contributed by atoms with E-state index >= 15 is 0 Å². The Bertz CT molecular complexity index is 1920. The molecule has 13 nitrogen and oxygen atoms in total. The SMILES string of the molecule is CC(Oc1ccc(Oc2ccc(C(F)(F)F)cn2)cc1)C(=O)O.CCOC(=O)COC(=O)c1cc(Oc2ccc(C(F)(F)F)cc2Cl)ccc1[N+](=O)[O-]. The number of halogens is 7. The topological polar surface area (TPSA) is 174 Å². The van der Waals surface area contributed by atoms with E-state index in [1.807, 2.05) is 0 Å². The number of nitro benzene ring substituents is 1. The number of aliphatic carboxylic acids is 1. The minimum absolute atomic E-state index is 0.00516. The highest BCUT2D eigenvalue weighted by molar-refractivity contribution is 6.32. The largest absolute Gasteiger partial charge is 0.479 e. The molecule has 0 aliphatic carbocycles. The van der Waals surface area contributed by atoms with Crippen LogP contribution in [0.5, 0.6) is 28.9 Å². The minimum Gasteiger partial charge on any atom is -0.479 e. The Labute approximate surface area is 299 Å². The van der Waals surface area contributed by atoms with E-state index in [1.165, 1.54) is 38.1 Å². The van der Waals surface area contributed by atoms with Gasteiger partial charge in [0.1, 0.15) is 28.6 Å². The first-order valence-corrected chi connectivity index (χ1v) is 15.0. The number of nitro groups is 1. The number of benzene rings is 3. The fourth-order valence-electron chi connectivity index (χ4n) is 3.76. The minimum atomic E-state index is -4.61. The van der Waals surface area contributed by atoms with Crippen LogP contribution in [-0.2, 0) is 31.4 Å². The van der Waals surface area contributed by atoms with Gasteiger partial charge in [-0.1, -0.05) is 11.6 Å². The van der Waals surface area contributed by atoms with Crippen LogP contribution in [0.2, 0.25) is 5.02 Å². The van der Waals surface area contributed by atoms with E-state index in [9.17, 15) is 50.8 Å². The molecule has 0 saturated heterocycles. The number of carbonyl (C=O) groups excluding carboxylic acids is 2. The lowest BCUT2D eigenvalue weighted by molar-refractivity contribution is -0.385. The van der Waals surface area contributed by atoms with Gasteiger partial charge in [-0.15, -0.1) is 0 Å². The summed E-state index contributed by atoms with van der Waals surface area (Å²) < 4.78 is 100. The maximum absolute atomic E-state index is 12.7. The molecule has 1 unspecified atom stereocenters. The van der Waals surface area contributed by atoms with E-state index in [1.54, 1.807) is 0 Å². The summed E-state index contributed by atoms with van der Waals surface area (Å²) in [5.41, 5.74) is -3.03. The number of ether oxygens (including phenoxy) is 5. The van der Waals surface area contributed by atoms with E-state index in [0.717, 1.165) is 42.5 Å². The van der Waals surface area contributed by atoms with Gasteiger partial charge in [-0.25, -0.2) is 19.4 Å². The van der Waals surface area contributed by atoms with Crippen LogP contribution in [0.15, 0.2) is 79.0 Å². The fourth-order valence-corrected chi connectivity index (χ4v) is 3.98. The molecule has 0 fully saturated rings. The number of rotatable bonds is 12. The highest BCUT2D eigenvalue weighted by atomic mass is 35.5. The summed E-state index contributed by atoms with van der Waals surface area (Å²) in [7, 11) is 0. The summed E-state index contributed by atoms with van der Waals surface area (Å²) in [5, 5.41) is 19.5. The predicted octanol–water partition coefficient (Wildman–Crippen LogP) is 8.52. The van der Waals surface area contributed by atoms with Crippen LogP contribution in [0, 0.1) is 10.1 Å². The number of aromatic nitrogens is 1. The maximum atomic E-state index is 12.7. The monoisotopic (exact) mass is 774 g/mol. The zero-order chi connectivity index (χ0) is 39.5. The first-order chi connectivity index (χ1) is 24.8. The molecule has 0 spiro atoms. The molecule has 0 saturated carbocycles. The second-order valence-corrected chi connectivity index (χ2v) is 10.5. The Hall–Kier alpha value is -6.11. The van der Waals surface area contributed by atoms with Crippen molar-refractivity contribution in [3.8, 4) is 28.9 Å². The second-order valence-electron chi connectivity index (χ2n) is 10.1. The lowest BCUT2D eigenvalue weighted by Gasteiger charge is -2.12. The van der Waals surface area contributed by atoms with E-state index in [-0.39, 0.29) is 29.0 Å². The third kappa shape index (κ3) is 12.6. The van der Waals surface area contributed by atoms with Crippen molar-refractivity contribution >= 4 is 35.2 Å². The van der Waals surface area contributed by atoms with Crippen molar-refractivity contribution in [2.75, 3.05) is 13.2 Å². The number of esters is 2. The van der Waals surface area contributed by atoms with Crippen LogP contribution in [0.3, 0.4) is 0 Å². The maximum Gasteiger partial charge on any atom is 0.417 e. The number of hydrogen-bond acceptors (Lipinski definition) is 11. The first kappa shape index (κ1) is 41.3. The van der Waals surface area contributed by atoms with Crippen LogP contribution in [0.1, 0.15) is 35.3 Å². The Morgan fingerprint density at radius 2 is 1.45 bits per heavy atom. The zero-order valence-corrected chi connectivity index (χ0v) is 27.8. The molecule has 4 rings (SSSR count). The van der Waals surface area contributed by atoms with Crippen molar-refractivity contribution in [2.24, 2.45) is 0 Å². The number of carboxylic acids is 1. The van der Waals surface area contributed by atoms with Crippen molar-refractivity contribution in [1.82, 2.24) is 4.98 Å². The molecule has 53 heavy (non-hydrogen) atoms. The molecule has 0 aliphatic rings. The Morgan fingerprint density at radius 3 is 1.98 bits per heavy atom. The van der Waals surface area contributed by atoms with Crippen molar-refractivity contribution in [3.63, 3.8) is 0 Å². The third-order valence-electron chi connectivity index (χ3n) is 6.27. The molecule has 0 radical (unpaired) electrons. The number of hydrogen-bond donors (Lipinski definition) is 1. The highest BCUT2D eigenvalue weighted by Crippen LogP contribution is 2.37. The number of alkyl halides is 6. The summed E-state index contributed by atoms with van der Waals surface area (Å²) in [6, 6.07) is 13.3.